The highest BCUT2D eigenvalue weighted by atomic mass is 35.5. The first kappa shape index (κ1) is 16.2. The zero-order valence-electron chi connectivity index (χ0n) is 11.7. The molecule has 0 fully saturated rings. The summed E-state index contributed by atoms with van der Waals surface area (Å²) < 4.78 is 0. The number of hydrogen-bond donors (Lipinski definition) is 1. The molecule has 2 rings (SSSR count). The van der Waals surface area contributed by atoms with Crippen molar-refractivity contribution in [2.45, 2.75) is 24.0 Å². The smallest absolute Gasteiger partial charge is 0.237 e. The van der Waals surface area contributed by atoms with E-state index in [1.54, 1.807) is 18.2 Å². The SMILES string of the molecule is Cc1ccc(S[C@@H](C)C(=O)Nc2ccc(Cl)cc2Cl)cc1. The third-order valence-electron chi connectivity index (χ3n) is 2.89. The van der Waals surface area contributed by atoms with Gasteiger partial charge < -0.3 is 5.32 Å². The van der Waals surface area contributed by atoms with Gasteiger partial charge in [-0.05, 0) is 44.2 Å². The molecule has 0 aliphatic heterocycles. The van der Waals surface area contributed by atoms with E-state index in [1.165, 1.54) is 17.3 Å². The van der Waals surface area contributed by atoms with E-state index in [-0.39, 0.29) is 11.2 Å². The van der Waals surface area contributed by atoms with Crippen molar-refractivity contribution >= 4 is 46.6 Å². The van der Waals surface area contributed by atoms with Crippen molar-refractivity contribution in [3.63, 3.8) is 0 Å². The highest BCUT2D eigenvalue weighted by Crippen LogP contribution is 2.28. The van der Waals surface area contributed by atoms with Crippen LogP contribution in [0.2, 0.25) is 10.0 Å². The Morgan fingerprint density at radius 1 is 1.14 bits per heavy atom. The number of anilines is 1. The van der Waals surface area contributed by atoms with E-state index < -0.39 is 0 Å². The summed E-state index contributed by atoms with van der Waals surface area (Å²) in [4.78, 5) is 13.3. The van der Waals surface area contributed by atoms with Gasteiger partial charge in [-0.1, -0.05) is 40.9 Å². The maximum Gasteiger partial charge on any atom is 0.237 e. The molecule has 0 radical (unpaired) electrons. The van der Waals surface area contributed by atoms with Crippen molar-refractivity contribution in [3.05, 3.63) is 58.1 Å². The molecule has 0 bridgehead atoms. The van der Waals surface area contributed by atoms with Gasteiger partial charge in [-0.3, -0.25) is 4.79 Å². The monoisotopic (exact) mass is 339 g/mol. The van der Waals surface area contributed by atoms with E-state index >= 15 is 0 Å². The maximum atomic E-state index is 12.2. The molecule has 1 N–H and O–H groups in total. The van der Waals surface area contributed by atoms with Gasteiger partial charge in [0, 0.05) is 9.92 Å². The molecular weight excluding hydrogens is 325 g/mol. The van der Waals surface area contributed by atoms with Crippen LogP contribution in [0.1, 0.15) is 12.5 Å². The lowest BCUT2D eigenvalue weighted by Crippen LogP contribution is -2.22. The first-order valence-electron chi connectivity index (χ1n) is 6.45. The van der Waals surface area contributed by atoms with Crippen molar-refractivity contribution in [3.8, 4) is 0 Å². The van der Waals surface area contributed by atoms with Gasteiger partial charge in [0.2, 0.25) is 5.91 Å². The van der Waals surface area contributed by atoms with Crippen LogP contribution in [0, 0.1) is 6.92 Å². The average molecular weight is 340 g/mol. The Hall–Kier alpha value is -1.16. The van der Waals surface area contributed by atoms with Crippen molar-refractivity contribution < 1.29 is 4.79 Å². The predicted octanol–water partition coefficient (Wildman–Crippen LogP) is 5.42. The van der Waals surface area contributed by atoms with Gasteiger partial charge in [0.15, 0.2) is 0 Å². The highest BCUT2D eigenvalue weighted by Gasteiger charge is 2.15. The van der Waals surface area contributed by atoms with Crippen LogP contribution in [-0.2, 0) is 4.79 Å². The minimum absolute atomic E-state index is 0.0928. The topological polar surface area (TPSA) is 29.1 Å². The van der Waals surface area contributed by atoms with Gasteiger partial charge >= 0.3 is 0 Å². The summed E-state index contributed by atoms with van der Waals surface area (Å²) in [5, 5.41) is 3.57. The molecule has 0 saturated carbocycles. The molecule has 2 aromatic carbocycles. The van der Waals surface area contributed by atoms with E-state index in [9.17, 15) is 4.79 Å². The van der Waals surface area contributed by atoms with Crippen LogP contribution in [0.25, 0.3) is 0 Å². The van der Waals surface area contributed by atoms with Crippen LogP contribution in [0.15, 0.2) is 47.4 Å². The minimum atomic E-state index is -0.223. The molecule has 21 heavy (non-hydrogen) atoms. The van der Waals surface area contributed by atoms with Crippen molar-refractivity contribution in [2.24, 2.45) is 0 Å². The number of halogens is 2. The number of thioether (sulfide) groups is 1. The Labute approximate surface area is 138 Å². The summed E-state index contributed by atoms with van der Waals surface area (Å²) in [6.07, 6.45) is 0. The van der Waals surface area contributed by atoms with Crippen molar-refractivity contribution in [1.82, 2.24) is 0 Å². The van der Waals surface area contributed by atoms with Gasteiger partial charge in [-0.2, -0.15) is 0 Å². The number of amides is 1. The lowest BCUT2D eigenvalue weighted by Gasteiger charge is -2.13. The molecule has 0 spiro atoms. The molecule has 1 amide bonds. The van der Waals surface area contributed by atoms with Crippen LogP contribution in [-0.4, -0.2) is 11.2 Å². The highest BCUT2D eigenvalue weighted by molar-refractivity contribution is 8.00. The number of hydrogen-bond acceptors (Lipinski definition) is 2. The second-order valence-corrected chi connectivity index (χ2v) is 6.94. The van der Waals surface area contributed by atoms with Gasteiger partial charge in [0.25, 0.3) is 0 Å². The lowest BCUT2D eigenvalue weighted by atomic mass is 10.2. The molecule has 0 heterocycles. The number of rotatable bonds is 4. The fourth-order valence-electron chi connectivity index (χ4n) is 1.70. The first-order valence-corrected chi connectivity index (χ1v) is 8.08. The second kappa shape index (κ2) is 7.21. The Morgan fingerprint density at radius 3 is 2.43 bits per heavy atom. The fourth-order valence-corrected chi connectivity index (χ4v) is 3.02. The van der Waals surface area contributed by atoms with Gasteiger partial charge in [0.05, 0.1) is 16.0 Å². The summed E-state index contributed by atoms with van der Waals surface area (Å²) in [6.45, 7) is 3.90. The summed E-state index contributed by atoms with van der Waals surface area (Å²) in [5.41, 5.74) is 1.77. The Balaban J connectivity index is 2.00. The van der Waals surface area contributed by atoms with E-state index in [0.717, 1.165) is 4.90 Å². The summed E-state index contributed by atoms with van der Waals surface area (Å²) in [7, 11) is 0. The van der Waals surface area contributed by atoms with Crippen LogP contribution < -0.4 is 5.32 Å². The third kappa shape index (κ3) is 4.67. The Morgan fingerprint density at radius 2 is 1.81 bits per heavy atom. The van der Waals surface area contributed by atoms with Crippen molar-refractivity contribution in [1.29, 1.82) is 0 Å². The van der Waals surface area contributed by atoms with E-state index in [1.807, 2.05) is 38.1 Å². The van der Waals surface area contributed by atoms with E-state index in [0.29, 0.717) is 15.7 Å². The molecule has 0 saturated heterocycles. The third-order valence-corrected chi connectivity index (χ3v) is 4.55. The zero-order valence-corrected chi connectivity index (χ0v) is 14.0. The number of carbonyl (C=O) groups is 1. The fraction of sp³-hybridized carbons (Fsp3) is 0.188. The predicted molar refractivity (Wildman–Crippen MR) is 91.6 cm³/mol. The van der Waals surface area contributed by atoms with Crippen molar-refractivity contribution in [2.75, 3.05) is 5.32 Å². The number of carbonyl (C=O) groups excluding carboxylic acids is 1. The molecule has 0 aliphatic rings. The number of nitrogens with one attached hydrogen (secondary N) is 1. The van der Waals surface area contributed by atoms with Crippen LogP contribution in [0.3, 0.4) is 0 Å². The molecule has 2 nitrogen and oxygen atoms in total. The van der Waals surface area contributed by atoms with Gasteiger partial charge in [0.1, 0.15) is 0 Å². The molecule has 0 unspecified atom stereocenters. The summed E-state index contributed by atoms with van der Waals surface area (Å²) in [6, 6.07) is 13.1. The van der Waals surface area contributed by atoms with Crippen LogP contribution in [0.5, 0.6) is 0 Å². The molecule has 110 valence electrons. The first-order chi connectivity index (χ1) is 9.95. The normalized spacial score (nSPS) is 12.0. The molecule has 5 heteroatoms. The van der Waals surface area contributed by atoms with E-state index in [4.69, 9.17) is 23.2 Å². The number of benzene rings is 2. The van der Waals surface area contributed by atoms with Crippen LogP contribution >= 0.6 is 35.0 Å². The quantitative estimate of drug-likeness (QED) is 0.753. The Kier molecular flexibility index (Phi) is 5.57. The second-order valence-electron chi connectivity index (χ2n) is 4.69. The van der Waals surface area contributed by atoms with Gasteiger partial charge in [-0.15, -0.1) is 11.8 Å². The molecule has 2 aromatic rings. The Bertz CT molecular complexity index is 643. The molecule has 1 atom stereocenters. The summed E-state index contributed by atoms with van der Waals surface area (Å²) >= 11 is 13.4. The molecular formula is C16H15Cl2NOS. The maximum absolute atomic E-state index is 12.2. The standard InChI is InChI=1S/C16H15Cl2NOS/c1-10-3-6-13(7-4-10)21-11(2)16(20)19-15-8-5-12(17)9-14(15)18/h3-9,11H,1-2H3,(H,19,20)/t11-/m0/s1. The average Bonchev–Trinajstić information content (AvgIpc) is 2.44. The van der Waals surface area contributed by atoms with Crippen LogP contribution in [0.4, 0.5) is 5.69 Å². The van der Waals surface area contributed by atoms with Gasteiger partial charge in [-0.25, -0.2) is 0 Å². The zero-order chi connectivity index (χ0) is 15.4. The largest absolute Gasteiger partial charge is 0.324 e. The lowest BCUT2D eigenvalue weighted by molar-refractivity contribution is -0.115. The minimum Gasteiger partial charge on any atom is -0.324 e. The van der Waals surface area contributed by atoms with E-state index in [2.05, 4.69) is 5.32 Å². The number of aryl methyl sites for hydroxylation is 1. The molecule has 0 aromatic heterocycles. The molecule has 0 aliphatic carbocycles. The summed E-state index contributed by atoms with van der Waals surface area (Å²) in [5.74, 6) is -0.0928.